The molecule has 0 aliphatic carbocycles. The molecule has 0 radical (unpaired) electrons. The zero-order valence-electron chi connectivity index (χ0n) is 9.97. The summed E-state index contributed by atoms with van der Waals surface area (Å²) in [5.74, 6) is 0.588. The van der Waals surface area contributed by atoms with Gasteiger partial charge in [0.1, 0.15) is 0 Å². The highest BCUT2D eigenvalue weighted by Crippen LogP contribution is 2.24. The van der Waals surface area contributed by atoms with Crippen molar-refractivity contribution in [3.63, 3.8) is 0 Å². The Kier molecular flexibility index (Phi) is 4.53. The van der Waals surface area contributed by atoms with Gasteiger partial charge in [-0.05, 0) is 28.1 Å². The Balaban J connectivity index is 1.92. The number of hydrogen-bond acceptors (Lipinski definition) is 6. The topological polar surface area (TPSA) is 102 Å². The molecule has 0 saturated heterocycles. The number of nitrogens with one attached hydrogen (secondary N) is 2. The van der Waals surface area contributed by atoms with Crippen molar-refractivity contribution >= 4 is 28.0 Å². The molecule has 0 atom stereocenters. The largest absolute Gasteiger partial charge is 0.444 e. The first-order chi connectivity index (χ1) is 9.19. The minimum Gasteiger partial charge on any atom is -0.444 e. The van der Waals surface area contributed by atoms with Gasteiger partial charge in [0.15, 0.2) is 10.4 Å². The van der Waals surface area contributed by atoms with Gasteiger partial charge in [-0.15, -0.1) is 5.10 Å². The summed E-state index contributed by atoms with van der Waals surface area (Å²) in [4.78, 5) is 11.4. The lowest BCUT2D eigenvalue weighted by atomic mass is 10.5. The van der Waals surface area contributed by atoms with Crippen molar-refractivity contribution in [3.05, 3.63) is 16.8 Å². The van der Waals surface area contributed by atoms with E-state index in [0.717, 1.165) is 0 Å². The number of amides is 2. The van der Waals surface area contributed by atoms with Gasteiger partial charge in [0.05, 0.1) is 6.61 Å². The molecule has 2 aromatic heterocycles. The molecule has 19 heavy (non-hydrogen) atoms. The molecule has 0 unspecified atom stereocenters. The maximum Gasteiger partial charge on any atom is 0.324 e. The van der Waals surface area contributed by atoms with Crippen molar-refractivity contribution in [1.29, 1.82) is 0 Å². The first-order valence-electron chi connectivity index (χ1n) is 5.32. The number of hydrogen-bond donors (Lipinski definition) is 2. The molecule has 0 aliphatic heterocycles. The first kappa shape index (κ1) is 13.6. The van der Waals surface area contributed by atoms with E-state index in [1.807, 2.05) is 0 Å². The summed E-state index contributed by atoms with van der Waals surface area (Å²) in [6.45, 7) is 0.803. The zero-order chi connectivity index (χ0) is 13.7. The Morgan fingerprint density at radius 3 is 2.95 bits per heavy atom. The molecule has 8 nitrogen and oxygen atoms in total. The molecule has 2 rings (SSSR count). The Bertz CT molecular complexity index is 553. The number of nitrogens with zero attached hydrogens (tertiary/aromatic N) is 2. The van der Waals surface area contributed by atoms with E-state index in [2.05, 4.69) is 36.8 Å². The summed E-state index contributed by atoms with van der Waals surface area (Å²) >= 11 is 3.16. The third-order valence-corrected chi connectivity index (χ3v) is 2.45. The van der Waals surface area contributed by atoms with Crippen LogP contribution in [0.15, 0.2) is 25.6 Å². The second kappa shape index (κ2) is 6.34. The molecule has 0 fully saturated rings. The number of carbonyl (C=O) groups is 1. The number of anilines is 1. The van der Waals surface area contributed by atoms with E-state index < -0.39 is 6.03 Å². The maximum atomic E-state index is 11.4. The predicted octanol–water partition coefficient (Wildman–Crippen LogP) is 1.86. The number of furan rings is 1. The van der Waals surface area contributed by atoms with Gasteiger partial charge < -0.3 is 18.9 Å². The number of rotatable bonds is 5. The third-order valence-electron chi connectivity index (χ3n) is 2.02. The van der Waals surface area contributed by atoms with E-state index in [-0.39, 0.29) is 11.9 Å². The fourth-order valence-corrected chi connectivity index (χ4v) is 1.52. The second-order valence-corrected chi connectivity index (χ2v) is 4.17. The van der Waals surface area contributed by atoms with Crippen LogP contribution in [-0.2, 0) is 4.74 Å². The molecular formula is C10H11BrN4O4. The van der Waals surface area contributed by atoms with Crippen LogP contribution >= 0.6 is 15.9 Å². The summed E-state index contributed by atoms with van der Waals surface area (Å²) < 4.78 is 15.8. The van der Waals surface area contributed by atoms with E-state index in [1.54, 1.807) is 19.2 Å². The average Bonchev–Trinajstić information content (AvgIpc) is 2.98. The van der Waals surface area contributed by atoms with Crippen molar-refractivity contribution < 1.29 is 18.4 Å². The highest BCUT2D eigenvalue weighted by molar-refractivity contribution is 9.10. The number of urea groups is 1. The molecule has 0 spiro atoms. The van der Waals surface area contributed by atoms with Crippen LogP contribution in [0.3, 0.4) is 0 Å². The molecule has 2 N–H and O–H groups in total. The van der Waals surface area contributed by atoms with Gasteiger partial charge in [-0.25, -0.2) is 4.79 Å². The SMILES string of the molecule is COCCNC(=O)Nc1nnc(-c2ccc(Br)o2)o1. The Morgan fingerprint density at radius 1 is 1.42 bits per heavy atom. The molecule has 2 heterocycles. The van der Waals surface area contributed by atoms with Crippen molar-refractivity contribution in [3.8, 4) is 11.7 Å². The Morgan fingerprint density at radius 2 is 2.26 bits per heavy atom. The van der Waals surface area contributed by atoms with Crippen molar-refractivity contribution in [1.82, 2.24) is 15.5 Å². The van der Waals surface area contributed by atoms with Gasteiger partial charge in [0.2, 0.25) is 0 Å². The lowest BCUT2D eigenvalue weighted by Gasteiger charge is -2.02. The van der Waals surface area contributed by atoms with Gasteiger partial charge in [0.25, 0.3) is 5.89 Å². The van der Waals surface area contributed by atoms with Gasteiger partial charge in [-0.1, -0.05) is 5.10 Å². The minimum absolute atomic E-state index is 0.0163. The van der Waals surface area contributed by atoms with Crippen LogP contribution in [0, 0.1) is 0 Å². The summed E-state index contributed by atoms with van der Waals surface area (Å²) in [5.41, 5.74) is 0. The molecular weight excluding hydrogens is 320 g/mol. The van der Waals surface area contributed by atoms with Crippen molar-refractivity contribution in [2.45, 2.75) is 0 Å². The quantitative estimate of drug-likeness (QED) is 0.811. The molecule has 0 aliphatic rings. The Labute approximate surface area is 116 Å². The van der Waals surface area contributed by atoms with E-state index in [1.165, 1.54) is 0 Å². The zero-order valence-corrected chi connectivity index (χ0v) is 11.6. The fraction of sp³-hybridized carbons (Fsp3) is 0.300. The average molecular weight is 331 g/mol. The van der Waals surface area contributed by atoms with Crippen molar-refractivity contribution in [2.75, 3.05) is 25.6 Å². The van der Waals surface area contributed by atoms with Gasteiger partial charge in [-0.2, -0.15) is 0 Å². The van der Waals surface area contributed by atoms with Gasteiger partial charge in [0, 0.05) is 13.7 Å². The highest BCUT2D eigenvalue weighted by Gasteiger charge is 2.13. The molecule has 0 bridgehead atoms. The minimum atomic E-state index is -0.451. The Hall–Kier alpha value is -1.87. The fourth-order valence-electron chi connectivity index (χ4n) is 1.21. The predicted molar refractivity (Wildman–Crippen MR) is 68.6 cm³/mol. The van der Waals surface area contributed by atoms with Crippen LogP contribution in [0.25, 0.3) is 11.7 Å². The lowest BCUT2D eigenvalue weighted by Crippen LogP contribution is -2.31. The third kappa shape index (κ3) is 3.80. The highest BCUT2D eigenvalue weighted by atomic mass is 79.9. The summed E-state index contributed by atoms with van der Waals surface area (Å²) in [5, 5.41) is 12.4. The van der Waals surface area contributed by atoms with Gasteiger partial charge in [-0.3, -0.25) is 5.32 Å². The van der Waals surface area contributed by atoms with Crippen LogP contribution in [0.2, 0.25) is 0 Å². The summed E-state index contributed by atoms with van der Waals surface area (Å²) in [6.07, 6.45) is 0. The van der Waals surface area contributed by atoms with Gasteiger partial charge >= 0.3 is 12.0 Å². The summed E-state index contributed by atoms with van der Waals surface area (Å²) in [7, 11) is 1.55. The van der Waals surface area contributed by atoms with E-state index >= 15 is 0 Å². The lowest BCUT2D eigenvalue weighted by molar-refractivity contribution is 0.198. The van der Waals surface area contributed by atoms with E-state index in [4.69, 9.17) is 13.6 Å². The number of ether oxygens (including phenoxy) is 1. The van der Waals surface area contributed by atoms with Crippen LogP contribution < -0.4 is 10.6 Å². The standard InChI is InChI=1S/C10H11BrN4O4/c1-17-5-4-12-9(16)13-10-15-14-8(19-10)6-2-3-7(11)18-6/h2-3H,4-5H2,1H3,(H2,12,13,15,16). The summed E-state index contributed by atoms with van der Waals surface area (Å²) in [6, 6.07) is 2.90. The van der Waals surface area contributed by atoms with Crippen LogP contribution in [0.4, 0.5) is 10.8 Å². The normalized spacial score (nSPS) is 10.4. The van der Waals surface area contributed by atoms with Crippen LogP contribution in [0.1, 0.15) is 0 Å². The number of halogens is 1. The monoisotopic (exact) mass is 330 g/mol. The van der Waals surface area contributed by atoms with E-state index in [9.17, 15) is 4.79 Å². The van der Waals surface area contributed by atoms with E-state index in [0.29, 0.717) is 23.6 Å². The van der Waals surface area contributed by atoms with Crippen LogP contribution in [-0.4, -0.2) is 36.5 Å². The molecule has 0 saturated carbocycles. The molecule has 9 heteroatoms. The molecule has 0 aromatic carbocycles. The van der Waals surface area contributed by atoms with Crippen molar-refractivity contribution in [2.24, 2.45) is 0 Å². The van der Waals surface area contributed by atoms with Crippen LogP contribution in [0.5, 0.6) is 0 Å². The number of aromatic nitrogens is 2. The second-order valence-electron chi connectivity index (χ2n) is 3.39. The first-order valence-corrected chi connectivity index (χ1v) is 6.11. The number of methoxy groups -OCH3 is 1. The number of carbonyl (C=O) groups excluding carboxylic acids is 1. The molecule has 102 valence electrons. The smallest absolute Gasteiger partial charge is 0.324 e. The molecule has 2 aromatic rings. The molecule has 2 amide bonds. The maximum absolute atomic E-state index is 11.4.